The summed E-state index contributed by atoms with van der Waals surface area (Å²) in [7, 11) is 0. The van der Waals surface area contributed by atoms with Crippen molar-refractivity contribution in [2.45, 2.75) is 39.0 Å². The molecule has 0 unspecified atom stereocenters. The highest BCUT2D eigenvalue weighted by Gasteiger charge is 2.28. The summed E-state index contributed by atoms with van der Waals surface area (Å²) in [6.45, 7) is 6.45. The lowest BCUT2D eigenvalue weighted by Gasteiger charge is -2.34. The number of hydrogen-bond acceptors (Lipinski definition) is 1. The third-order valence-electron chi connectivity index (χ3n) is 3.10. The van der Waals surface area contributed by atoms with Crippen LogP contribution in [0.4, 0.5) is 0 Å². The molecule has 1 aliphatic carbocycles. The average molecular weight is 180 g/mol. The van der Waals surface area contributed by atoms with Gasteiger partial charge in [-0.3, -0.25) is 0 Å². The first kappa shape index (κ1) is 10.5. The molecule has 13 heavy (non-hydrogen) atoms. The Bertz CT molecular complexity index is 205. The van der Waals surface area contributed by atoms with Crippen LogP contribution < -0.4 is 0 Å². The van der Waals surface area contributed by atoms with Crippen LogP contribution >= 0.6 is 0 Å². The van der Waals surface area contributed by atoms with Crippen LogP contribution in [0.5, 0.6) is 0 Å². The second-order valence-corrected chi connectivity index (χ2v) is 4.14. The van der Waals surface area contributed by atoms with Gasteiger partial charge in [0.2, 0.25) is 0 Å². The SMILES string of the molecule is C=CC1=CCCC[C@@]1(C)CCCO. The topological polar surface area (TPSA) is 20.2 Å². The highest BCUT2D eigenvalue weighted by Crippen LogP contribution is 2.41. The summed E-state index contributed by atoms with van der Waals surface area (Å²) < 4.78 is 0. The Balaban J connectivity index is 2.67. The zero-order valence-electron chi connectivity index (χ0n) is 8.55. The van der Waals surface area contributed by atoms with Gasteiger partial charge in [0, 0.05) is 6.61 Å². The van der Waals surface area contributed by atoms with Gasteiger partial charge in [0.05, 0.1) is 0 Å². The monoisotopic (exact) mass is 180 g/mol. The van der Waals surface area contributed by atoms with Crippen LogP contribution in [0, 0.1) is 5.41 Å². The van der Waals surface area contributed by atoms with Gasteiger partial charge in [-0.05, 0) is 43.1 Å². The molecule has 0 aromatic rings. The zero-order chi connectivity index (χ0) is 9.73. The molecule has 1 aliphatic rings. The maximum Gasteiger partial charge on any atom is 0.0431 e. The third-order valence-corrected chi connectivity index (χ3v) is 3.10. The first-order chi connectivity index (χ1) is 6.23. The van der Waals surface area contributed by atoms with Crippen LogP contribution in [-0.2, 0) is 0 Å². The van der Waals surface area contributed by atoms with Crippen LogP contribution in [-0.4, -0.2) is 11.7 Å². The molecule has 0 heterocycles. The molecule has 0 spiro atoms. The lowest BCUT2D eigenvalue weighted by atomic mass is 9.71. The van der Waals surface area contributed by atoms with E-state index in [0.717, 1.165) is 12.8 Å². The Labute approximate surface area is 81.2 Å². The van der Waals surface area contributed by atoms with Crippen LogP contribution in [0.1, 0.15) is 39.0 Å². The lowest BCUT2D eigenvalue weighted by Crippen LogP contribution is -2.21. The normalized spacial score (nSPS) is 28.3. The molecule has 0 saturated heterocycles. The fourth-order valence-electron chi connectivity index (χ4n) is 2.21. The average Bonchev–Trinajstić information content (AvgIpc) is 2.16. The van der Waals surface area contributed by atoms with Crippen LogP contribution in [0.2, 0.25) is 0 Å². The van der Waals surface area contributed by atoms with Crippen molar-refractivity contribution in [3.05, 3.63) is 24.3 Å². The molecular weight excluding hydrogens is 160 g/mol. The fraction of sp³-hybridized carbons (Fsp3) is 0.667. The molecule has 74 valence electrons. The van der Waals surface area contributed by atoms with Crippen LogP contribution in [0.3, 0.4) is 0 Å². The predicted molar refractivity (Wildman–Crippen MR) is 56.6 cm³/mol. The first-order valence-electron chi connectivity index (χ1n) is 5.17. The number of hydrogen-bond donors (Lipinski definition) is 1. The highest BCUT2D eigenvalue weighted by molar-refractivity contribution is 5.26. The molecule has 0 saturated carbocycles. The predicted octanol–water partition coefficient (Wildman–Crippen LogP) is 3.06. The lowest BCUT2D eigenvalue weighted by molar-refractivity contribution is 0.239. The smallest absolute Gasteiger partial charge is 0.0431 e. The van der Waals surface area contributed by atoms with Gasteiger partial charge in [-0.25, -0.2) is 0 Å². The molecule has 0 aliphatic heterocycles. The Morgan fingerprint density at radius 3 is 3.08 bits per heavy atom. The summed E-state index contributed by atoms with van der Waals surface area (Å²) in [5.41, 5.74) is 1.66. The Morgan fingerprint density at radius 1 is 1.69 bits per heavy atom. The van der Waals surface area contributed by atoms with E-state index < -0.39 is 0 Å². The second-order valence-electron chi connectivity index (χ2n) is 4.14. The number of aliphatic hydroxyl groups is 1. The van der Waals surface area contributed by atoms with Gasteiger partial charge in [0.1, 0.15) is 0 Å². The molecule has 1 atom stereocenters. The minimum atomic E-state index is 0.280. The summed E-state index contributed by atoms with van der Waals surface area (Å²) in [4.78, 5) is 0. The van der Waals surface area contributed by atoms with Crippen molar-refractivity contribution in [3.8, 4) is 0 Å². The van der Waals surface area contributed by atoms with Crippen molar-refractivity contribution in [3.63, 3.8) is 0 Å². The Kier molecular flexibility index (Phi) is 3.73. The minimum absolute atomic E-state index is 0.280. The molecule has 0 amide bonds. The quantitative estimate of drug-likeness (QED) is 0.705. The van der Waals surface area contributed by atoms with Gasteiger partial charge in [-0.2, -0.15) is 0 Å². The van der Waals surface area contributed by atoms with Crippen molar-refractivity contribution in [1.29, 1.82) is 0 Å². The summed E-state index contributed by atoms with van der Waals surface area (Å²) in [5.74, 6) is 0. The number of aliphatic hydroxyl groups excluding tert-OH is 1. The van der Waals surface area contributed by atoms with E-state index >= 15 is 0 Å². The maximum atomic E-state index is 8.83. The van der Waals surface area contributed by atoms with E-state index in [9.17, 15) is 0 Å². The summed E-state index contributed by atoms with van der Waals surface area (Å²) >= 11 is 0. The Morgan fingerprint density at radius 2 is 2.46 bits per heavy atom. The summed E-state index contributed by atoms with van der Waals surface area (Å²) in [6.07, 6.45) is 9.98. The van der Waals surface area contributed by atoms with Gasteiger partial charge < -0.3 is 5.11 Å². The molecule has 0 fully saturated rings. The second kappa shape index (κ2) is 4.61. The molecule has 0 aromatic heterocycles. The maximum absolute atomic E-state index is 8.83. The van der Waals surface area contributed by atoms with E-state index in [1.54, 1.807) is 0 Å². The minimum Gasteiger partial charge on any atom is -0.396 e. The highest BCUT2D eigenvalue weighted by atomic mass is 16.2. The van der Waals surface area contributed by atoms with E-state index in [0.29, 0.717) is 6.61 Å². The van der Waals surface area contributed by atoms with Crippen LogP contribution in [0.15, 0.2) is 24.3 Å². The molecular formula is C12H20O. The molecule has 1 heteroatoms. The molecule has 1 rings (SSSR count). The van der Waals surface area contributed by atoms with E-state index in [-0.39, 0.29) is 5.41 Å². The molecule has 0 aromatic carbocycles. The molecule has 1 nitrogen and oxygen atoms in total. The molecule has 1 N–H and O–H groups in total. The summed E-state index contributed by atoms with van der Waals surface area (Å²) in [6, 6.07) is 0. The van der Waals surface area contributed by atoms with Crippen molar-refractivity contribution < 1.29 is 5.11 Å². The number of rotatable bonds is 4. The van der Waals surface area contributed by atoms with E-state index in [4.69, 9.17) is 5.11 Å². The largest absolute Gasteiger partial charge is 0.396 e. The summed E-state index contributed by atoms with van der Waals surface area (Å²) in [5, 5.41) is 8.83. The van der Waals surface area contributed by atoms with E-state index in [2.05, 4.69) is 19.6 Å². The van der Waals surface area contributed by atoms with E-state index in [1.165, 1.54) is 24.8 Å². The molecule has 0 bridgehead atoms. The van der Waals surface area contributed by atoms with Crippen molar-refractivity contribution in [2.24, 2.45) is 5.41 Å². The van der Waals surface area contributed by atoms with E-state index in [1.807, 2.05) is 6.08 Å². The van der Waals surface area contributed by atoms with Crippen LogP contribution in [0.25, 0.3) is 0 Å². The first-order valence-corrected chi connectivity index (χ1v) is 5.17. The van der Waals surface area contributed by atoms with Crippen molar-refractivity contribution in [1.82, 2.24) is 0 Å². The van der Waals surface area contributed by atoms with Gasteiger partial charge in [0.25, 0.3) is 0 Å². The zero-order valence-corrected chi connectivity index (χ0v) is 8.55. The Hall–Kier alpha value is -0.560. The van der Waals surface area contributed by atoms with Crippen molar-refractivity contribution >= 4 is 0 Å². The number of allylic oxidation sites excluding steroid dienone is 3. The van der Waals surface area contributed by atoms with Gasteiger partial charge >= 0.3 is 0 Å². The van der Waals surface area contributed by atoms with Gasteiger partial charge in [-0.15, -0.1) is 0 Å². The fourth-order valence-corrected chi connectivity index (χ4v) is 2.21. The van der Waals surface area contributed by atoms with Gasteiger partial charge in [-0.1, -0.05) is 25.7 Å². The van der Waals surface area contributed by atoms with Crippen molar-refractivity contribution in [2.75, 3.05) is 6.61 Å². The third kappa shape index (κ3) is 2.44. The standard InChI is InChI=1S/C12H20O/c1-3-11-7-4-5-8-12(11,2)9-6-10-13/h3,7,13H,1,4-6,8-10H2,2H3/t12-/m0/s1. The van der Waals surface area contributed by atoms with Gasteiger partial charge in [0.15, 0.2) is 0 Å². The molecule has 0 radical (unpaired) electrons.